The van der Waals surface area contributed by atoms with Gasteiger partial charge < -0.3 is 9.30 Å². The molecule has 7 rings (SSSR count). The third kappa shape index (κ3) is 4.84. The van der Waals surface area contributed by atoms with Crippen LogP contribution in [0, 0.1) is 0 Å². The van der Waals surface area contributed by atoms with Crippen molar-refractivity contribution in [2.75, 3.05) is 0 Å². The van der Waals surface area contributed by atoms with E-state index in [1.165, 1.54) is 0 Å². The topological polar surface area (TPSA) is 26.3 Å². The Morgan fingerprint density at radius 3 is 1.53 bits per heavy atom. The Balaban J connectivity index is 1.59. The third-order valence-electron chi connectivity index (χ3n) is 8.20. The van der Waals surface area contributed by atoms with Crippen molar-refractivity contribution in [2.24, 2.45) is 0 Å². The molecule has 0 heterocycles. The Morgan fingerprint density at radius 2 is 0.953 bits per heavy atom. The van der Waals surface area contributed by atoms with Crippen molar-refractivity contribution in [2.45, 2.75) is 13.0 Å². The molecule has 0 amide bonds. The summed E-state index contributed by atoms with van der Waals surface area (Å²) in [7, 11) is -3.33. The summed E-state index contributed by atoms with van der Waals surface area (Å²) in [6, 6.07) is 55.2. The number of rotatable bonds is 7. The first-order valence-corrected chi connectivity index (χ1v) is 16.3. The Hall–Kier alpha value is -4.91. The molecule has 7 aromatic carbocycles. The second-order valence-electron chi connectivity index (χ2n) is 10.8. The van der Waals surface area contributed by atoms with Crippen LogP contribution in [0.1, 0.15) is 18.6 Å². The normalized spacial score (nSPS) is 12.3. The first-order chi connectivity index (χ1) is 21.1. The van der Waals surface area contributed by atoms with Crippen LogP contribution < -0.4 is 20.7 Å². The van der Waals surface area contributed by atoms with Crippen molar-refractivity contribution in [1.82, 2.24) is 0 Å². The highest BCUT2D eigenvalue weighted by Gasteiger charge is 2.34. The molecule has 2 nitrogen and oxygen atoms in total. The van der Waals surface area contributed by atoms with Crippen molar-refractivity contribution in [3.05, 3.63) is 169 Å². The maximum Gasteiger partial charge on any atom is 0.171 e. The zero-order chi connectivity index (χ0) is 29.2. The fourth-order valence-electron chi connectivity index (χ4n) is 6.08. The van der Waals surface area contributed by atoms with E-state index in [2.05, 4.69) is 91.9 Å². The molecule has 0 saturated heterocycles. The molecule has 0 aliphatic heterocycles. The Bertz CT molecular complexity index is 2040. The predicted molar refractivity (Wildman–Crippen MR) is 182 cm³/mol. The standard InChI is InChI=1S/C40H31O2P/c1-29(30-15-5-2-6-16-30)42-37-27-25-31-17-11-13-23-35(31)39(37)40-36-24-14-12-18-32(36)26-28-38(40)43(41,33-19-7-3-8-20-33)34-21-9-4-10-22-34/h2-29H,1H3/t29-/m0/s1. The largest absolute Gasteiger partial charge is 0.485 e. The summed E-state index contributed by atoms with van der Waals surface area (Å²) in [4.78, 5) is 0. The molecule has 0 fully saturated rings. The molecule has 0 aromatic heterocycles. The van der Waals surface area contributed by atoms with E-state index >= 15 is 4.57 Å². The van der Waals surface area contributed by atoms with Crippen LogP contribution in [0.2, 0.25) is 0 Å². The molecule has 0 bridgehead atoms. The van der Waals surface area contributed by atoms with Crippen LogP contribution in [-0.4, -0.2) is 0 Å². The summed E-state index contributed by atoms with van der Waals surface area (Å²) >= 11 is 0. The van der Waals surface area contributed by atoms with E-state index in [4.69, 9.17) is 4.74 Å². The fraction of sp³-hybridized carbons (Fsp3) is 0.0500. The molecular formula is C40H31O2P. The van der Waals surface area contributed by atoms with Gasteiger partial charge in [-0.15, -0.1) is 0 Å². The van der Waals surface area contributed by atoms with Gasteiger partial charge in [0.15, 0.2) is 7.14 Å². The first-order valence-electron chi connectivity index (χ1n) is 14.6. The van der Waals surface area contributed by atoms with Crippen molar-refractivity contribution >= 4 is 44.6 Å². The molecule has 1 atom stereocenters. The molecule has 0 spiro atoms. The number of benzene rings is 7. The molecule has 43 heavy (non-hydrogen) atoms. The molecule has 3 heteroatoms. The van der Waals surface area contributed by atoms with Gasteiger partial charge in [-0.3, -0.25) is 0 Å². The number of fused-ring (bicyclic) bond motifs is 2. The van der Waals surface area contributed by atoms with E-state index in [1.807, 2.05) is 78.9 Å². The van der Waals surface area contributed by atoms with Gasteiger partial charge in [0.05, 0.1) is 0 Å². The minimum absolute atomic E-state index is 0.186. The highest BCUT2D eigenvalue weighted by Crippen LogP contribution is 2.50. The summed E-state index contributed by atoms with van der Waals surface area (Å²) in [6.45, 7) is 2.08. The molecule has 0 unspecified atom stereocenters. The molecule has 208 valence electrons. The van der Waals surface area contributed by atoms with Crippen molar-refractivity contribution in [3.63, 3.8) is 0 Å². The Kier molecular flexibility index (Phi) is 7.15. The van der Waals surface area contributed by atoms with Crippen LogP contribution in [0.3, 0.4) is 0 Å². The lowest BCUT2D eigenvalue weighted by atomic mass is 9.93. The second kappa shape index (κ2) is 11.4. The van der Waals surface area contributed by atoms with Crippen LogP contribution in [0.4, 0.5) is 0 Å². The van der Waals surface area contributed by atoms with Gasteiger partial charge in [-0.1, -0.05) is 152 Å². The van der Waals surface area contributed by atoms with Crippen LogP contribution in [0.25, 0.3) is 32.7 Å². The lowest BCUT2D eigenvalue weighted by Crippen LogP contribution is -2.26. The lowest BCUT2D eigenvalue weighted by molar-refractivity contribution is 0.228. The molecule has 0 aliphatic carbocycles. The molecule has 7 aromatic rings. The summed E-state index contributed by atoms with van der Waals surface area (Å²) in [5.74, 6) is 0.764. The van der Waals surface area contributed by atoms with Crippen LogP contribution in [0.5, 0.6) is 5.75 Å². The monoisotopic (exact) mass is 574 g/mol. The summed E-state index contributed by atoms with van der Waals surface area (Å²) in [5, 5.41) is 6.70. The SMILES string of the molecule is C[C@H](Oc1ccc2ccccc2c1-c1c(P(=O)(c2ccccc2)c2ccccc2)ccc2ccccc12)c1ccccc1. The summed E-state index contributed by atoms with van der Waals surface area (Å²) < 4.78 is 22.7. The van der Waals surface area contributed by atoms with E-state index < -0.39 is 7.14 Å². The fourth-order valence-corrected chi connectivity index (χ4v) is 8.95. The van der Waals surface area contributed by atoms with Gasteiger partial charge >= 0.3 is 0 Å². The summed E-state index contributed by atoms with van der Waals surface area (Å²) in [5.41, 5.74) is 3.00. The highest BCUT2D eigenvalue weighted by molar-refractivity contribution is 7.85. The maximum atomic E-state index is 15.9. The number of ether oxygens (including phenoxy) is 1. The molecular weight excluding hydrogens is 543 g/mol. The Morgan fingerprint density at radius 1 is 0.488 bits per heavy atom. The van der Waals surface area contributed by atoms with Crippen LogP contribution in [-0.2, 0) is 4.57 Å². The van der Waals surface area contributed by atoms with Crippen LogP contribution in [0.15, 0.2) is 164 Å². The smallest absolute Gasteiger partial charge is 0.171 e. The van der Waals surface area contributed by atoms with Crippen LogP contribution >= 0.6 is 7.14 Å². The summed E-state index contributed by atoms with van der Waals surface area (Å²) in [6.07, 6.45) is -0.186. The highest BCUT2D eigenvalue weighted by atomic mass is 31.2. The predicted octanol–water partition coefficient (Wildman–Crippen LogP) is 9.44. The van der Waals surface area contributed by atoms with E-state index in [0.29, 0.717) is 0 Å². The first kappa shape index (κ1) is 27.0. The average molecular weight is 575 g/mol. The van der Waals surface area contributed by atoms with Gasteiger partial charge in [0, 0.05) is 27.0 Å². The zero-order valence-electron chi connectivity index (χ0n) is 23.9. The average Bonchev–Trinajstić information content (AvgIpc) is 3.08. The van der Waals surface area contributed by atoms with Gasteiger partial charge in [0.1, 0.15) is 11.9 Å². The molecule has 0 saturated carbocycles. The van der Waals surface area contributed by atoms with E-state index in [0.717, 1.165) is 59.9 Å². The van der Waals surface area contributed by atoms with Gasteiger partial charge in [-0.25, -0.2) is 0 Å². The van der Waals surface area contributed by atoms with Gasteiger partial charge in [0.25, 0.3) is 0 Å². The molecule has 0 radical (unpaired) electrons. The van der Waals surface area contributed by atoms with Gasteiger partial charge in [-0.05, 0) is 46.2 Å². The minimum atomic E-state index is -3.33. The quantitative estimate of drug-likeness (QED) is 0.177. The minimum Gasteiger partial charge on any atom is -0.485 e. The second-order valence-corrected chi connectivity index (χ2v) is 13.5. The zero-order valence-corrected chi connectivity index (χ0v) is 24.8. The maximum absolute atomic E-state index is 15.9. The van der Waals surface area contributed by atoms with Crippen molar-refractivity contribution in [3.8, 4) is 16.9 Å². The van der Waals surface area contributed by atoms with Gasteiger partial charge in [-0.2, -0.15) is 0 Å². The van der Waals surface area contributed by atoms with Crippen molar-refractivity contribution in [1.29, 1.82) is 0 Å². The number of hydrogen-bond acceptors (Lipinski definition) is 2. The molecule has 0 N–H and O–H groups in total. The lowest BCUT2D eigenvalue weighted by Gasteiger charge is -2.26. The third-order valence-corrected chi connectivity index (χ3v) is 11.3. The van der Waals surface area contributed by atoms with E-state index in [9.17, 15) is 0 Å². The van der Waals surface area contributed by atoms with E-state index in [-0.39, 0.29) is 6.10 Å². The van der Waals surface area contributed by atoms with Gasteiger partial charge in [0.2, 0.25) is 0 Å². The number of hydrogen-bond donors (Lipinski definition) is 0. The Labute approximate surface area is 252 Å². The van der Waals surface area contributed by atoms with E-state index in [1.54, 1.807) is 0 Å². The molecule has 0 aliphatic rings. The van der Waals surface area contributed by atoms with Crippen molar-refractivity contribution < 1.29 is 9.30 Å².